The van der Waals surface area contributed by atoms with Crippen molar-refractivity contribution in [3.05, 3.63) is 18.5 Å². The zero-order chi connectivity index (χ0) is 10.2. The van der Waals surface area contributed by atoms with E-state index in [1.165, 1.54) is 22.8 Å². The highest BCUT2D eigenvalue weighted by Gasteiger charge is 2.30. The number of nitrogens with zero attached hydrogens (tertiary/aromatic N) is 2. The fourth-order valence-electron chi connectivity index (χ4n) is 1.27. The fraction of sp³-hybridized carbons (Fsp3) is 0.375. The van der Waals surface area contributed by atoms with E-state index in [4.69, 9.17) is 5.73 Å². The highest BCUT2D eigenvalue weighted by Crippen LogP contribution is 2.24. The minimum absolute atomic E-state index is 0.111. The summed E-state index contributed by atoms with van der Waals surface area (Å²) in [6.07, 6.45) is 3.69. The van der Waals surface area contributed by atoms with Crippen molar-refractivity contribution in [1.29, 1.82) is 0 Å². The third kappa shape index (κ3) is 1.36. The smallest absolute Gasteiger partial charge is 0.246 e. The molecule has 6 heteroatoms. The van der Waals surface area contributed by atoms with E-state index in [0.29, 0.717) is 13.1 Å². The summed E-state index contributed by atoms with van der Waals surface area (Å²) < 4.78 is 25.1. The maximum absolute atomic E-state index is 11.8. The van der Waals surface area contributed by atoms with Crippen LogP contribution in [-0.4, -0.2) is 30.8 Å². The Hall–Kier alpha value is -1.14. The lowest BCUT2D eigenvalue weighted by Gasteiger charge is -2.29. The lowest BCUT2D eigenvalue weighted by Crippen LogP contribution is -2.42. The average Bonchev–Trinajstić information content (AvgIpc) is 2.00. The van der Waals surface area contributed by atoms with Gasteiger partial charge in [0.1, 0.15) is 4.90 Å². The van der Waals surface area contributed by atoms with Gasteiger partial charge >= 0.3 is 0 Å². The van der Waals surface area contributed by atoms with Crippen molar-refractivity contribution < 1.29 is 8.42 Å². The molecular weight excluding hydrogens is 202 g/mol. The molecule has 2 heterocycles. The van der Waals surface area contributed by atoms with Crippen LogP contribution in [0, 0.1) is 0 Å². The lowest BCUT2D eigenvalue weighted by atomic mass is 10.3. The van der Waals surface area contributed by atoms with Crippen LogP contribution in [0.1, 0.15) is 6.42 Å². The third-order valence-corrected chi connectivity index (χ3v) is 4.19. The van der Waals surface area contributed by atoms with Crippen LogP contribution in [0.4, 0.5) is 5.69 Å². The molecule has 0 atom stereocenters. The SMILES string of the molecule is Nc1ccncc1S(=O)(=O)N1CCC1. The first-order valence-corrected chi connectivity index (χ1v) is 5.76. The van der Waals surface area contributed by atoms with E-state index in [1.54, 1.807) is 0 Å². The lowest BCUT2D eigenvalue weighted by molar-refractivity contribution is 0.309. The molecule has 1 aliphatic heterocycles. The summed E-state index contributed by atoms with van der Waals surface area (Å²) in [6, 6.07) is 1.49. The number of nitrogen functional groups attached to an aromatic ring is 1. The first-order valence-electron chi connectivity index (χ1n) is 4.32. The van der Waals surface area contributed by atoms with Crippen molar-refractivity contribution in [2.75, 3.05) is 18.8 Å². The molecule has 0 amide bonds. The number of sulfonamides is 1. The highest BCUT2D eigenvalue weighted by molar-refractivity contribution is 7.89. The largest absolute Gasteiger partial charge is 0.398 e. The second kappa shape index (κ2) is 3.21. The van der Waals surface area contributed by atoms with E-state index in [2.05, 4.69) is 4.98 Å². The van der Waals surface area contributed by atoms with Crippen molar-refractivity contribution in [3.8, 4) is 0 Å². The standard InChI is InChI=1S/C8H11N3O2S/c9-7-2-3-10-6-8(7)14(12,13)11-4-1-5-11/h2-3,6H,1,4-5H2,(H2,9,10). The van der Waals surface area contributed by atoms with Gasteiger partial charge in [0.15, 0.2) is 0 Å². The molecule has 1 aromatic heterocycles. The Balaban J connectivity index is 2.43. The number of rotatable bonds is 2. The minimum atomic E-state index is -3.39. The molecular formula is C8H11N3O2S. The predicted molar refractivity (Wildman–Crippen MR) is 52.0 cm³/mol. The van der Waals surface area contributed by atoms with Gasteiger partial charge in [-0.3, -0.25) is 4.98 Å². The zero-order valence-electron chi connectivity index (χ0n) is 7.55. The van der Waals surface area contributed by atoms with Crippen LogP contribution >= 0.6 is 0 Å². The summed E-state index contributed by atoms with van der Waals surface area (Å²) in [5.41, 5.74) is 5.83. The van der Waals surface area contributed by atoms with Crippen LogP contribution < -0.4 is 5.73 Å². The fourth-order valence-corrected chi connectivity index (χ4v) is 2.85. The topological polar surface area (TPSA) is 76.3 Å². The Bertz CT molecular complexity index is 440. The second-order valence-electron chi connectivity index (χ2n) is 3.17. The van der Waals surface area contributed by atoms with Crippen LogP contribution in [0.2, 0.25) is 0 Å². The Kier molecular flexibility index (Phi) is 2.16. The Labute approximate surface area is 82.6 Å². The minimum Gasteiger partial charge on any atom is -0.398 e. The van der Waals surface area contributed by atoms with Gasteiger partial charge in [0.25, 0.3) is 0 Å². The molecule has 5 nitrogen and oxygen atoms in total. The first-order chi connectivity index (χ1) is 6.62. The number of aromatic nitrogens is 1. The van der Waals surface area contributed by atoms with E-state index < -0.39 is 10.0 Å². The molecule has 0 aromatic carbocycles. The molecule has 76 valence electrons. The molecule has 0 radical (unpaired) electrons. The molecule has 0 aliphatic carbocycles. The number of anilines is 1. The van der Waals surface area contributed by atoms with Gasteiger partial charge in [-0.15, -0.1) is 0 Å². The maximum atomic E-state index is 11.8. The monoisotopic (exact) mass is 213 g/mol. The first kappa shape index (κ1) is 9.42. The van der Waals surface area contributed by atoms with Crippen molar-refractivity contribution in [2.24, 2.45) is 0 Å². The van der Waals surface area contributed by atoms with Crippen molar-refractivity contribution in [3.63, 3.8) is 0 Å². The van der Waals surface area contributed by atoms with Gasteiger partial charge in [-0.1, -0.05) is 0 Å². The molecule has 1 fully saturated rings. The quantitative estimate of drug-likeness (QED) is 0.753. The molecule has 1 saturated heterocycles. The molecule has 14 heavy (non-hydrogen) atoms. The molecule has 1 aliphatic rings. The van der Waals surface area contributed by atoms with Gasteiger partial charge in [0.2, 0.25) is 10.0 Å². The number of hydrogen-bond acceptors (Lipinski definition) is 4. The van der Waals surface area contributed by atoms with E-state index >= 15 is 0 Å². The maximum Gasteiger partial charge on any atom is 0.246 e. The summed E-state index contributed by atoms with van der Waals surface area (Å²) in [7, 11) is -3.39. The van der Waals surface area contributed by atoms with E-state index in [0.717, 1.165) is 6.42 Å². The Morgan fingerprint density at radius 1 is 1.43 bits per heavy atom. The average molecular weight is 213 g/mol. The van der Waals surface area contributed by atoms with E-state index in [9.17, 15) is 8.42 Å². The van der Waals surface area contributed by atoms with Crippen LogP contribution in [0.15, 0.2) is 23.4 Å². The molecule has 0 unspecified atom stereocenters. The van der Waals surface area contributed by atoms with Gasteiger partial charge in [0.05, 0.1) is 5.69 Å². The molecule has 0 spiro atoms. The Morgan fingerprint density at radius 2 is 2.14 bits per heavy atom. The number of nitrogens with two attached hydrogens (primary N) is 1. The summed E-state index contributed by atoms with van der Waals surface area (Å²) in [6.45, 7) is 1.16. The molecule has 0 bridgehead atoms. The molecule has 1 aromatic rings. The van der Waals surface area contributed by atoms with Gasteiger partial charge in [-0.2, -0.15) is 4.31 Å². The van der Waals surface area contributed by atoms with Crippen LogP contribution in [-0.2, 0) is 10.0 Å². The summed E-state index contributed by atoms with van der Waals surface area (Å²) in [5, 5.41) is 0. The van der Waals surface area contributed by atoms with Gasteiger partial charge in [-0.05, 0) is 12.5 Å². The van der Waals surface area contributed by atoms with Gasteiger partial charge < -0.3 is 5.73 Å². The predicted octanol–water partition coefficient (Wildman–Crippen LogP) is 0.0582. The third-order valence-electron chi connectivity index (χ3n) is 2.25. The molecule has 0 saturated carbocycles. The summed E-state index contributed by atoms with van der Waals surface area (Å²) in [5.74, 6) is 0. The van der Waals surface area contributed by atoms with Crippen molar-refractivity contribution in [2.45, 2.75) is 11.3 Å². The number of hydrogen-bond donors (Lipinski definition) is 1. The number of pyridine rings is 1. The zero-order valence-corrected chi connectivity index (χ0v) is 8.37. The van der Waals surface area contributed by atoms with E-state index in [1.807, 2.05) is 0 Å². The molecule has 2 N–H and O–H groups in total. The van der Waals surface area contributed by atoms with Crippen molar-refractivity contribution in [1.82, 2.24) is 9.29 Å². The highest BCUT2D eigenvalue weighted by atomic mass is 32.2. The van der Waals surface area contributed by atoms with Crippen LogP contribution in [0.25, 0.3) is 0 Å². The summed E-state index contributed by atoms with van der Waals surface area (Å²) >= 11 is 0. The molecule has 2 rings (SSSR count). The summed E-state index contributed by atoms with van der Waals surface area (Å²) in [4.78, 5) is 3.88. The van der Waals surface area contributed by atoms with E-state index in [-0.39, 0.29) is 10.6 Å². The van der Waals surface area contributed by atoms with Gasteiger partial charge in [-0.25, -0.2) is 8.42 Å². The van der Waals surface area contributed by atoms with Crippen LogP contribution in [0.5, 0.6) is 0 Å². The van der Waals surface area contributed by atoms with Crippen LogP contribution in [0.3, 0.4) is 0 Å². The normalized spacial score (nSPS) is 17.7. The Morgan fingerprint density at radius 3 is 2.64 bits per heavy atom. The van der Waals surface area contributed by atoms with Gasteiger partial charge in [0, 0.05) is 25.5 Å². The van der Waals surface area contributed by atoms with Crippen molar-refractivity contribution >= 4 is 15.7 Å². The second-order valence-corrected chi connectivity index (χ2v) is 5.08.